The molecule has 3 aliphatic rings. The number of rotatable bonds is 0. The van der Waals surface area contributed by atoms with Crippen molar-refractivity contribution in [3.05, 3.63) is 23.8 Å². The molecule has 0 N–H and O–H groups in total. The molecule has 2 bridgehead atoms. The first kappa shape index (κ1) is 20.1. The molecule has 0 radical (unpaired) electrons. The zero-order valence-corrected chi connectivity index (χ0v) is 19.6. The van der Waals surface area contributed by atoms with E-state index in [1.54, 1.807) is 0 Å². The van der Waals surface area contributed by atoms with Crippen LogP contribution in [0.15, 0.2) is 23.8 Å². The van der Waals surface area contributed by atoms with Crippen molar-refractivity contribution in [3.63, 3.8) is 0 Å². The van der Waals surface area contributed by atoms with Crippen LogP contribution in [0.1, 0.15) is 59.3 Å². The number of esters is 1. The van der Waals surface area contributed by atoms with E-state index in [1.807, 2.05) is 0 Å². The van der Waals surface area contributed by atoms with Crippen molar-refractivity contribution < 1.29 is 14.3 Å². The van der Waals surface area contributed by atoms with E-state index in [1.165, 1.54) is 12.0 Å². The van der Waals surface area contributed by atoms with Crippen LogP contribution in [0.4, 0.5) is 0 Å². The quantitative estimate of drug-likeness (QED) is 0.126. The van der Waals surface area contributed by atoms with Crippen LogP contribution in [0.25, 0.3) is 0 Å². The lowest BCUT2D eigenvalue weighted by atomic mass is 9.78. The molecule has 3 aliphatic heterocycles. The van der Waals surface area contributed by atoms with Gasteiger partial charge in [-0.15, -0.1) is 0 Å². The average molecular weight is 570 g/mol. The Bertz CT molecular complexity index is 602. The van der Waals surface area contributed by atoms with Crippen LogP contribution in [0, 0.1) is 5.92 Å². The third-order valence-electron chi connectivity index (χ3n) is 6.22. The lowest BCUT2D eigenvalue weighted by molar-refractivity contribution is -0.169. The predicted molar refractivity (Wildman–Crippen MR) is 117 cm³/mol. The second kappa shape index (κ2) is 7.41. The number of ether oxygens (including phenoxy) is 2. The molecule has 25 heavy (non-hydrogen) atoms. The van der Waals surface area contributed by atoms with Crippen molar-refractivity contribution in [3.8, 4) is 0 Å². The Morgan fingerprint density at radius 3 is 2.60 bits per heavy atom. The summed E-state index contributed by atoms with van der Waals surface area (Å²) in [5.41, 5.74) is 1.69. The summed E-state index contributed by atoms with van der Waals surface area (Å²) in [7, 11) is 0. The fraction of sp³-hybridized carbons (Fsp3) is 0.750. The van der Waals surface area contributed by atoms with Gasteiger partial charge in [-0.2, -0.15) is 0 Å². The van der Waals surface area contributed by atoms with Crippen LogP contribution in [-0.2, 0) is 14.3 Å². The molecule has 0 aromatic carbocycles. The van der Waals surface area contributed by atoms with Crippen LogP contribution in [0.2, 0.25) is 0 Å². The molecular formula is C20H28I2O3. The summed E-state index contributed by atoms with van der Waals surface area (Å²) in [6, 6.07) is 0. The highest BCUT2D eigenvalue weighted by Crippen LogP contribution is 2.48. The third kappa shape index (κ3) is 3.98. The van der Waals surface area contributed by atoms with Crippen molar-refractivity contribution >= 4 is 51.2 Å². The molecule has 2 fully saturated rings. The second-order valence-electron chi connectivity index (χ2n) is 8.31. The van der Waals surface area contributed by atoms with Crippen LogP contribution in [-0.4, -0.2) is 31.1 Å². The lowest BCUT2D eigenvalue weighted by Crippen LogP contribution is -2.55. The summed E-state index contributed by atoms with van der Waals surface area (Å²) < 4.78 is 13.3. The van der Waals surface area contributed by atoms with Crippen molar-refractivity contribution in [2.24, 2.45) is 5.92 Å². The molecule has 3 nitrogen and oxygen atoms in total. The minimum atomic E-state index is -0.215. The Balaban J connectivity index is 1.93. The molecule has 0 aromatic rings. The highest BCUT2D eigenvalue weighted by atomic mass is 127. The van der Waals surface area contributed by atoms with Gasteiger partial charge in [-0.25, -0.2) is 4.79 Å². The number of fused-ring (bicyclic) bond motifs is 3. The number of carbonyl (C=O) groups is 1. The minimum Gasteiger partial charge on any atom is -0.458 e. The monoisotopic (exact) mass is 570 g/mol. The van der Waals surface area contributed by atoms with Gasteiger partial charge in [0.25, 0.3) is 0 Å². The van der Waals surface area contributed by atoms with Crippen molar-refractivity contribution in [1.82, 2.24) is 0 Å². The first-order valence-corrected chi connectivity index (χ1v) is 11.7. The fourth-order valence-corrected chi connectivity index (χ4v) is 6.16. The first-order valence-electron chi connectivity index (χ1n) is 9.18. The van der Waals surface area contributed by atoms with Gasteiger partial charge in [0, 0.05) is 25.8 Å². The molecule has 5 heteroatoms. The van der Waals surface area contributed by atoms with E-state index in [-0.39, 0.29) is 29.2 Å². The molecule has 0 saturated carbocycles. The van der Waals surface area contributed by atoms with Crippen molar-refractivity contribution in [1.29, 1.82) is 0 Å². The van der Waals surface area contributed by atoms with Gasteiger partial charge in [0.2, 0.25) is 0 Å². The Hall–Kier alpha value is 0.370. The topological polar surface area (TPSA) is 35.5 Å². The van der Waals surface area contributed by atoms with Gasteiger partial charge in [0.15, 0.2) is 0 Å². The Morgan fingerprint density at radius 2 is 1.88 bits per heavy atom. The van der Waals surface area contributed by atoms with Gasteiger partial charge < -0.3 is 9.47 Å². The van der Waals surface area contributed by atoms with Crippen LogP contribution in [0.5, 0.6) is 0 Å². The minimum absolute atomic E-state index is 0.0659. The molecule has 3 rings (SSSR count). The average Bonchev–Trinajstić information content (AvgIpc) is 2.78. The van der Waals surface area contributed by atoms with E-state index < -0.39 is 0 Å². The van der Waals surface area contributed by atoms with E-state index >= 15 is 0 Å². The summed E-state index contributed by atoms with van der Waals surface area (Å²) in [6.07, 6.45) is 8.25. The van der Waals surface area contributed by atoms with Gasteiger partial charge >= 0.3 is 5.97 Å². The maximum Gasteiger partial charge on any atom is 0.334 e. The van der Waals surface area contributed by atoms with Crippen LogP contribution in [0.3, 0.4) is 0 Å². The summed E-state index contributed by atoms with van der Waals surface area (Å²) in [5, 5.41) is 0. The normalized spacial score (nSPS) is 45.7. The molecule has 2 saturated heterocycles. The van der Waals surface area contributed by atoms with Gasteiger partial charge in [0.05, 0.1) is 11.2 Å². The highest BCUT2D eigenvalue weighted by Gasteiger charge is 2.50. The molecular weight excluding hydrogens is 542 g/mol. The SMILES string of the molecule is C=C1C(=O)O[C@H]2CC(C)=CCC[C@@]3(C)O[C@](C)(CC[C@@H]3I)[C@@H](I)C[C@@H]12. The highest BCUT2D eigenvalue weighted by molar-refractivity contribution is 14.1. The summed E-state index contributed by atoms with van der Waals surface area (Å²) in [5.74, 6) is -0.116. The van der Waals surface area contributed by atoms with Gasteiger partial charge in [-0.1, -0.05) is 63.4 Å². The maximum atomic E-state index is 12.1. The van der Waals surface area contributed by atoms with Gasteiger partial charge in [0.1, 0.15) is 6.10 Å². The van der Waals surface area contributed by atoms with E-state index in [0.717, 1.165) is 32.1 Å². The van der Waals surface area contributed by atoms with Gasteiger partial charge in [-0.3, -0.25) is 0 Å². The number of halogens is 2. The van der Waals surface area contributed by atoms with E-state index in [0.29, 0.717) is 13.4 Å². The van der Waals surface area contributed by atoms with Crippen LogP contribution < -0.4 is 0 Å². The second-order valence-corrected chi connectivity index (χ2v) is 11.3. The molecule has 0 spiro atoms. The number of hydrogen-bond donors (Lipinski definition) is 0. The summed E-state index contributed by atoms with van der Waals surface area (Å²) in [6.45, 7) is 10.7. The number of alkyl halides is 2. The number of hydrogen-bond acceptors (Lipinski definition) is 3. The van der Waals surface area contributed by atoms with E-state index in [9.17, 15) is 4.79 Å². The largest absolute Gasteiger partial charge is 0.458 e. The summed E-state index contributed by atoms with van der Waals surface area (Å²) in [4.78, 5) is 12.1. The molecule has 6 atom stereocenters. The lowest BCUT2D eigenvalue weighted by Gasteiger charge is -2.50. The number of allylic oxidation sites excluding steroid dienone is 1. The van der Waals surface area contributed by atoms with E-state index in [4.69, 9.17) is 9.47 Å². The molecule has 3 heterocycles. The smallest absolute Gasteiger partial charge is 0.334 e. The Labute approximate surface area is 178 Å². The maximum absolute atomic E-state index is 12.1. The van der Waals surface area contributed by atoms with Crippen molar-refractivity contribution in [2.45, 2.75) is 84.5 Å². The first-order chi connectivity index (χ1) is 11.6. The fourth-order valence-electron chi connectivity index (χ4n) is 4.42. The summed E-state index contributed by atoms with van der Waals surface area (Å²) >= 11 is 5.11. The molecule has 0 unspecified atom stereocenters. The standard InChI is InChI=1S/C20H28I2O3/c1-12-6-5-8-19(3)16(21)7-9-20(4,25-19)17(22)11-14-13(2)18(23)24-15(14)10-12/h6,14-17H,2,5,7-11H2,1,3-4H3/t14-,15-,16-,17-,19+,20+/m0/s1. The molecule has 140 valence electrons. The predicted octanol–water partition coefficient (Wildman–Crippen LogP) is 5.54. The molecule has 0 aliphatic carbocycles. The Morgan fingerprint density at radius 1 is 1.20 bits per heavy atom. The van der Waals surface area contributed by atoms with E-state index in [2.05, 4.69) is 78.6 Å². The molecule has 0 aromatic heterocycles. The van der Waals surface area contributed by atoms with Gasteiger partial charge in [-0.05, 0) is 52.9 Å². The molecule has 0 amide bonds. The zero-order valence-electron chi connectivity index (χ0n) is 15.3. The van der Waals surface area contributed by atoms with Crippen molar-refractivity contribution in [2.75, 3.05) is 0 Å². The van der Waals surface area contributed by atoms with Crippen LogP contribution >= 0.6 is 45.2 Å². The Kier molecular flexibility index (Phi) is 5.96. The zero-order chi connectivity index (χ0) is 18.4. The number of carbonyl (C=O) groups excluding carboxylic acids is 1. The third-order valence-corrected chi connectivity index (χ3v) is 9.99.